The van der Waals surface area contributed by atoms with Gasteiger partial charge in [-0.2, -0.15) is 0 Å². The molecule has 1 atom stereocenters. The Hall–Kier alpha value is -1.12. The Morgan fingerprint density at radius 3 is 2.32 bits per heavy atom. The fraction of sp³-hybridized carbons (Fsp3) is 0.724. The van der Waals surface area contributed by atoms with Gasteiger partial charge in [0.1, 0.15) is 0 Å². The van der Waals surface area contributed by atoms with Gasteiger partial charge < -0.3 is 10.1 Å². The molecule has 172 valence electrons. The molecule has 0 radical (unpaired) electrons. The lowest BCUT2D eigenvalue weighted by molar-refractivity contribution is 0.109. The van der Waals surface area contributed by atoms with E-state index in [2.05, 4.69) is 43.4 Å². The van der Waals surface area contributed by atoms with Crippen LogP contribution in [0.25, 0.3) is 5.57 Å². The molecule has 3 aliphatic rings. The van der Waals surface area contributed by atoms with Gasteiger partial charge in [-0.1, -0.05) is 76.1 Å². The summed E-state index contributed by atoms with van der Waals surface area (Å²) in [7, 11) is 0. The fourth-order valence-corrected chi connectivity index (χ4v) is 6.46. The summed E-state index contributed by atoms with van der Waals surface area (Å²) in [5.41, 5.74) is 6.57. The summed E-state index contributed by atoms with van der Waals surface area (Å²) in [6.45, 7) is 8.12. The van der Waals surface area contributed by atoms with E-state index in [1.807, 2.05) is 0 Å². The van der Waals surface area contributed by atoms with Crippen LogP contribution in [0.2, 0.25) is 0 Å². The SMILES string of the molecule is CCCCNCC1(COCC)C=C(C2CCCCC2)c2c(C3CCCCC3)cccc21. The average Bonchev–Trinajstić information content (AvgIpc) is 3.16. The third kappa shape index (κ3) is 5.11. The van der Waals surface area contributed by atoms with Gasteiger partial charge in [-0.15, -0.1) is 0 Å². The molecule has 0 amide bonds. The highest BCUT2D eigenvalue weighted by molar-refractivity contribution is 5.81. The Morgan fingerprint density at radius 2 is 1.65 bits per heavy atom. The number of ether oxygens (including phenoxy) is 1. The van der Waals surface area contributed by atoms with Crippen LogP contribution in [0.4, 0.5) is 0 Å². The first-order chi connectivity index (χ1) is 15.3. The molecule has 31 heavy (non-hydrogen) atoms. The van der Waals surface area contributed by atoms with Crippen molar-refractivity contribution in [3.63, 3.8) is 0 Å². The fourth-order valence-electron chi connectivity index (χ4n) is 6.46. The summed E-state index contributed by atoms with van der Waals surface area (Å²) in [4.78, 5) is 0. The molecule has 2 fully saturated rings. The van der Waals surface area contributed by atoms with E-state index in [9.17, 15) is 0 Å². The Labute approximate surface area is 191 Å². The zero-order valence-corrected chi connectivity index (χ0v) is 20.2. The van der Waals surface area contributed by atoms with Gasteiger partial charge in [-0.3, -0.25) is 0 Å². The Kier molecular flexibility index (Phi) is 8.29. The van der Waals surface area contributed by atoms with E-state index in [4.69, 9.17) is 4.74 Å². The summed E-state index contributed by atoms with van der Waals surface area (Å²) in [6, 6.07) is 7.27. The zero-order chi connectivity index (χ0) is 21.5. The molecule has 1 aromatic rings. The molecule has 3 aliphatic carbocycles. The molecule has 1 aromatic carbocycles. The number of hydrogen-bond donors (Lipinski definition) is 1. The third-order valence-corrected chi connectivity index (χ3v) is 8.15. The molecule has 2 nitrogen and oxygen atoms in total. The Bertz CT molecular complexity index is 726. The Morgan fingerprint density at radius 1 is 0.935 bits per heavy atom. The van der Waals surface area contributed by atoms with E-state index in [-0.39, 0.29) is 5.41 Å². The molecular weight excluding hydrogens is 378 g/mol. The lowest BCUT2D eigenvalue weighted by atomic mass is 9.75. The highest BCUT2D eigenvalue weighted by Crippen LogP contribution is 2.51. The lowest BCUT2D eigenvalue weighted by Gasteiger charge is -2.31. The van der Waals surface area contributed by atoms with Gasteiger partial charge in [0.05, 0.1) is 12.0 Å². The summed E-state index contributed by atoms with van der Waals surface area (Å²) in [6.07, 6.45) is 19.1. The average molecular weight is 424 g/mol. The molecule has 4 rings (SSSR count). The highest BCUT2D eigenvalue weighted by atomic mass is 16.5. The number of benzene rings is 1. The number of rotatable bonds is 10. The van der Waals surface area contributed by atoms with Crippen LogP contribution < -0.4 is 5.32 Å². The van der Waals surface area contributed by atoms with E-state index < -0.39 is 0 Å². The van der Waals surface area contributed by atoms with Crippen LogP contribution in [0.1, 0.15) is 114 Å². The molecule has 0 aromatic heterocycles. The van der Waals surface area contributed by atoms with Crippen molar-refractivity contribution < 1.29 is 4.74 Å². The maximum atomic E-state index is 6.17. The van der Waals surface area contributed by atoms with Gasteiger partial charge in [0, 0.05) is 13.2 Å². The number of nitrogens with one attached hydrogen (secondary N) is 1. The summed E-state index contributed by atoms with van der Waals surface area (Å²) >= 11 is 0. The van der Waals surface area contributed by atoms with Gasteiger partial charge in [-0.05, 0) is 79.7 Å². The molecule has 1 unspecified atom stereocenters. The first kappa shape index (κ1) is 23.1. The molecule has 2 saturated carbocycles. The quantitative estimate of drug-likeness (QED) is 0.396. The van der Waals surface area contributed by atoms with Gasteiger partial charge >= 0.3 is 0 Å². The molecule has 0 saturated heterocycles. The van der Waals surface area contributed by atoms with Gasteiger partial charge in [0.25, 0.3) is 0 Å². The molecule has 0 aliphatic heterocycles. The molecular formula is C29H45NO. The number of allylic oxidation sites excluding steroid dienone is 1. The molecule has 1 N–H and O–H groups in total. The van der Waals surface area contributed by atoms with Crippen molar-refractivity contribution in [3.05, 3.63) is 41.0 Å². The standard InChI is InChI=1S/C29H45NO/c1-3-5-19-30-21-29(22-31-4-2)20-26(24-15-10-7-11-16-24)28-25(17-12-18-27(28)29)23-13-8-6-9-14-23/h12,17-18,20,23-24,30H,3-11,13-16,19,21-22H2,1-2H3. The smallest absolute Gasteiger partial charge is 0.0610 e. The molecule has 0 bridgehead atoms. The van der Waals surface area contributed by atoms with Crippen molar-refractivity contribution in [1.29, 1.82) is 0 Å². The summed E-state index contributed by atoms with van der Waals surface area (Å²) < 4.78 is 6.17. The van der Waals surface area contributed by atoms with Crippen LogP contribution in [0.15, 0.2) is 24.3 Å². The molecule has 0 spiro atoms. The van der Waals surface area contributed by atoms with E-state index in [1.165, 1.54) is 77.0 Å². The second kappa shape index (κ2) is 11.1. The van der Waals surface area contributed by atoms with E-state index in [0.717, 1.165) is 38.1 Å². The minimum Gasteiger partial charge on any atom is -0.380 e. The van der Waals surface area contributed by atoms with Crippen LogP contribution in [0, 0.1) is 5.92 Å². The first-order valence-corrected chi connectivity index (χ1v) is 13.4. The predicted molar refractivity (Wildman–Crippen MR) is 133 cm³/mol. The normalized spacial score (nSPS) is 24.9. The van der Waals surface area contributed by atoms with E-state index in [1.54, 1.807) is 22.3 Å². The second-order valence-corrected chi connectivity index (χ2v) is 10.4. The van der Waals surface area contributed by atoms with Crippen LogP contribution in [0.5, 0.6) is 0 Å². The van der Waals surface area contributed by atoms with Crippen LogP contribution in [0.3, 0.4) is 0 Å². The van der Waals surface area contributed by atoms with E-state index in [0.29, 0.717) is 0 Å². The maximum absolute atomic E-state index is 6.17. The molecule has 2 heteroatoms. The zero-order valence-electron chi connectivity index (χ0n) is 20.2. The van der Waals surface area contributed by atoms with Gasteiger partial charge in [0.15, 0.2) is 0 Å². The predicted octanol–water partition coefficient (Wildman–Crippen LogP) is 7.38. The first-order valence-electron chi connectivity index (χ1n) is 13.4. The third-order valence-electron chi connectivity index (χ3n) is 8.15. The lowest BCUT2D eigenvalue weighted by Crippen LogP contribution is -2.40. The van der Waals surface area contributed by atoms with Crippen molar-refractivity contribution in [2.75, 3.05) is 26.3 Å². The van der Waals surface area contributed by atoms with Crippen LogP contribution in [-0.4, -0.2) is 26.3 Å². The van der Waals surface area contributed by atoms with Crippen molar-refractivity contribution in [3.8, 4) is 0 Å². The summed E-state index contributed by atoms with van der Waals surface area (Å²) in [5, 5.41) is 3.82. The van der Waals surface area contributed by atoms with Crippen molar-refractivity contribution >= 4 is 5.57 Å². The van der Waals surface area contributed by atoms with Crippen molar-refractivity contribution in [2.24, 2.45) is 5.92 Å². The minimum atomic E-state index is -0.00343. The number of unbranched alkanes of at least 4 members (excludes halogenated alkanes) is 1. The topological polar surface area (TPSA) is 21.3 Å². The van der Waals surface area contributed by atoms with Crippen molar-refractivity contribution in [2.45, 2.75) is 102 Å². The van der Waals surface area contributed by atoms with Crippen LogP contribution in [-0.2, 0) is 10.2 Å². The monoisotopic (exact) mass is 423 g/mol. The van der Waals surface area contributed by atoms with Gasteiger partial charge in [0.2, 0.25) is 0 Å². The Balaban J connectivity index is 1.74. The molecule has 0 heterocycles. The van der Waals surface area contributed by atoms with Crippen LogP contribution >= 0.6 is 0 Å². The maximum Gasteiger partial charge on any atom is 0.0610 e. The second-order valence-electron chi connectivity index (χ2n) is 10.4. The summed E-state index contributed by atoms with van der Waals surface area (Å²) in [5.74, 6) is 1.50. The highest BCUT2D eigenvalue weighted by Gasteiger charge is 2.42. The van der Waals surface area contributed by atoms with E-state index >= 15 is 0 Å². The largest absolute Gasteiger partial charge is 0.380 e. The number of fused-ring (bicyclic) bond motifs is 1. The van der Waals surface area contributed by atoms with Crippen molar-refractivity contribution in [1.82, 2.24) is 5.32 Å². The minimum absolute atomic E-state index is 0.00343. The van der Waals surface area contributed by atoms with Gasteiger partial charge in [-0.25, -0.2) is 0 Å². The number of hydrogen-bond acceptors (Lipinski definition) is 2.